The van der Waals surface area contributed by atoms with Gasteiger partial charge in [-0.25, -0.2) is 8.42 Å². The molecule has 7 heteroatoms. The average molecular weight is 409 g/mol. The maximum Gasteiger partial charge on any atom is 0.222 e. The lowest BCUT2D eigenvalue weighted by atomic mass is 10.1. The number of hydrogen-bond donors (Lipinski definition) is 1. The second kappa shape index (κ2) is 8.76. The van der Waals surface area contributed by atoms with Gasteiger partial charge in [0.25, 0.3) is 0 Å². The van der Waals surface area contributed by atoms with Crippen LogP contribution in [0.3, 0.4) is 0 Å². The van der Waals surface area contributed by atoms with Crippen LogP contribution in [0.4, 0.5) is 5.69 Å². The van der Waals surface area contributed by atoms with E-state index >= 15 is 0 Å². The molecule has 0 heterocycles. The lowest BCUT2D eigenvalue weighted by molar-refractivity contribution is -0.123. The Morgan fingerprint density at radius 1 is 1.04 bits per heavy atom. The van der Waals surface area contributed by atoms with E-state index in [-0.39, 0.29) is 23.3 Å². The van der Waals surface area contributed by atoms with Crippen LogP contribution in [0.25, 0.3) is 0 Å². The minimum Gasteiger partial charge on any atom is -0.378 e. The van der Waals surface area contributed by atoms with Gasteiger partial charge in [0, 0.05) is 37.3 Å². The van der Waals surface area contributed by atoms with E-state index in [1.54, 1.807) is 38.1 Å². The van der Waals surface area contributed by atoms with Gasteiger partial charge >= 0.3 is 0 Å². The van der Waals surface area contributed by atoms with Crippen molar-refractivity contribution in [2.45, 2.75) is 24.0 Å². The minimum atomic E-state index is -3.71. The smallest absolute Gasteiger partial charge is 0.222 e. The predicted octanol–water partition coefficient (Wildman–Crippen LogP) is 3.69. The van der Waals surface area contributed by atoms with E-state index in [0.717, 1.165) is 5.69 Å². The molecule has 0 radical (unpaired) electrons. The summed E-state index contributed by atoms with van der Waals surface area (Å²) >= 11 is 5.89. The Hall–Kier alpha value is -2.05. The monoisotopic (exact) mass is 408 g/mol. The van der Waals surface area contributed by atoms with Gasteiger partial charge < -0.3 is 10.2 Å². The molecule has 0 saturated carbocycles. The molecule has 0 bridgehead atoms. The number of sulfone groups is 1. The number of nitrogens with zero attached hydrogens (tertiary/aromatic N) is 1. The summed E-state index contributed by atoms with van der Waals surface area (Å²) in [6, 6.07) is 13.4. The number of amides is 1. The van der Waals surface area contributed by atoms with E-state index in [9.17, 15) is 13.2 Å². The summed E-state index contributed by atoms with van der Waals surface area (Å²) in [6.07, 6.45) is 0. The van der Waals surface area contributed by atoms with E-state index < -0.39 is 15.1 Å². The molecular formula is C20H25ClN2O3S. The molecule has 1 N–H and O–H groups in total. The molecule has 27 heavy (non-hydrogen) atoms. The average Bonchev–Trinajstić information content (AvgIpc) is 2.62. The molecule has 2 aromatic carbocycles. The number of halogens is 1. The molecule has 1 atom stereocenters. The van der Waals surface area contributed by atoms with Gasteiger partial charge in [0.2, 0.25) is 5.91 Å². The van der Waals surface area contributed by atoms with Crippen LogP contribution in [0.2, 0.25) is 5.02 Å². The summed E-state index contributed by atoms with van der Waals surface area (Å²) in [6.45, 7) is 3.54. The van der Waals surface area contributed by atoms with Gasteiger partial charge in [-0.2, -0.15) is 0 Å². The van der Waals surface area contributed by atoms with Crippen molar-refractivity contribution in [3.63, 3.8) is 0 Å². The molecule has 1 amide bonds. The molecular weight excluding hydrogens is 384 g/mol. The maximum absolute atomic E-state index is 13.2. The SMILES string of the molecule is CC(C)C(=O)NC[C@H](c1ccc(N(C)C)cc1)S(=O)(=O)c1ccc(Cl)cc1. The highest BCUT2D eigenvalue weighted by Gasteiger charge is 2.30. The first-order chi connectivity index (χ1) is 12.6. The minimum absolute atomic E-state index is 0.00326. The number of nitrogens with one attached hydrogen (secondary N) is 1. The second-order valence-electron chi connectivity index (χ2n) is 6.87. The Morgan fingerprint density at radius 3 is 2.07 bits per heavy atom. The van der Waals surface area contributed by atoms with Crippen LogP contribution in [-0.2, 0) is 14.6 Å². The van der Waals surface area contributed by atoms with E-state index in [1.165, 1.54) is 12.1 Å². The van der Waals surface area contributed by atoms with Crippen LogP contribution in [0.15, 0.2) is 53.4 Å². The van der Waals surface area contributed by atoms with E-state index in [2.05, 4.69) is 5.32 Å². The Kier molecular flexibility index (Phi) is 6.89. The van der Waals surface area contributed by atoms with Crippen LogP contribution >= 0.6 is 11.6 Å². The van der Waals surface area contributed by atoms with E-state index in [4.69, 9.17) is 11.6 Å². The fourth-order valence-corrected chi connectivity index (χ4v) is 4.37. The number of rotatable bonds is 7. The van der Waals surface area contributed by atoms with Gasteiger partial charge in [0.1, 0.15) is 5.25 Å². The van der Waals surface area contributed by atoms with Gasteiger partial charge in [-0.15, -0.1) is 0 Å². The zero-order valence-electron chi connectivity index (χ0n) is 15.9. The van der Waals surface area contributed by atoms with Crippen LogP contribution in [0, 0.1) is 5.92 Å². The van der Waals surface area contributed by atoms with Crippen molar-refractivity contribution in [1.82, 2.24) is 5.32 Å². The molecule has 0 aliphatic carbocycles. The standard InChI is InChI=1S/C20H25ClN2O3S/c1-14(2)20(24)22-13-19(15-5-9-17(10-6-15)23(3)4)27(25,26)18-11-7-16(21)8-12-18/h5-12,14,19H,13H2,1-4H3,(H,22,24)/t19-/m1/s1. The van der Waals surface area contributed by atoms with Crippen molar-refractivity contribution in [1.29, 1.82) is 0 Å². The first kappa shape index (κ1) is 21.3. The lowest BCUT2D eigenvalue weighted by Gasteiger charge is -2.21. The molecule has 0 aliphatic heterocycles. The summed E-state index contributed by atoms with van der Waals surface area (Å²) in [4.78, 5) is 14.1. The fourth-order valence-electron chi connectivity index (χ4n) is 2.58. The number of carbonyl (C=O) groups excluding carboxylic acids is 1. The van der Waals surface area contributed by atoms with Gasteiger partial charge in [-0.05, 0) is 42.0 Å². The lowest BCUT2D eigenvalue weighted by Crippen LogP contribution is -2.34. The molecule has 0 unspecified atom stereocenters. The molecule has 0 aliphatic rings. The van der Waals surface area contributed by atoms with Crippen molar-refractivity contribution in [2.24, 2.45) is 5.92 Å². The quantitative estimate of drug-likeness (QED) is 0.758. The van der Waals surface area contributed by atoms with Crippen molar-refractivity contribution in [2.75, 3.05) is 25.5 Å². The summed E-state index contributed by atoms with van der Waals surface area (Å²) in [5.41, 5.74) is 1.59. The number of carbonyl (C=O) groups is 1. The first-order valence-electron chi connectivity index (χ1n) is 8.67. The van der Waals surface area contributed by atoms with Crippen molar-refractivity contribution in [3.8, 4) is 0 Å². The molecule has 0 aromatic heterocycles. The zero-order chi connectivity index (χ0) is 20.2. The normalized spacial score (nSPS) is 12.7. The summed E-state index contributed by atoms with van der Waals surface area (Å²) in [7, 11) is 0.121. The molecule has 0 spiro atoms. The third-order valence-electron chi connectivity index (χ3n) is 4.28. The topological polar surface area (TPSA) is 66.5 Å². The van der Waals surface area contributed by atoms with Gasteiger partial charge in [0.05, 0.1) is 4.90 Å². The van der Waals surface area contributed by atoms with Gasteiger partial charge in [0.15, 0.2) is 9.84 Å². The van der Waals surface area contributed by atoms with Crippen molar-refractivity contribution < 1.29 is 13.2 Å². The predicted molar refractivity (Wildman–Crippen MR) is 110 cm³/mol. The number of anilines is 1. The summed E-state index contributed by atoms with van der Waals surface area (Å²) in [5.74, 6) is -0.406. The Balaban J connectivity index is 2.42. The number of benzene rings is 2. The summed E-state index contributed by atoms with van der Waals surface area (Å²) in [5, 5.41) is 2.33. The molecule has 2 aromatic rings. The largest absolute Gasteiger partial charge is 0.378 e. The van der Waals surface area contributed by atoms with Crippen molar-refractivity contribution >= 4 is 33.0 Å². The Bertz CT molecular complexity index is 876. The first-order valence-corrected chi connectivity index (χ1v) is 10.6. The second-order valence-corrected chi connectivity index (χ2v) is 9.44. The Labute approximate surface area is 166 Å². The molecule has 0 saturated heterocycles. The molecule has 146 valence electrons. The highest BCUT2D eigenvalue weighted by atomic mass is 35.5. The molecule has 0 fully saturated rings. The van der Waals surface area contributed by atoms with Crippen LogP contribution in [0.5, 0.6) is 0 Å². The van der Waals surface area contributed by atoms with Crippen LogP contribution in [-0.4, -0.2) is 35.0 Å². The maximum atomic E-state index is 13.2. The van der Waals surface area contributed by atoms with Gasteiger partial charge in [-0.1, -0.05) is 37.6 Å². The Morgan fingerprint density at radius 2 is 1.59 bits per heavy atom. The fraction of sp³-hybridized carbons (Fsp3) is 0.350. The van der Waals surface area contributed by atoms with E-state index in [0.29, 0.717) is 10.6 Å². The highest BCUT2D eigenvalue weighted by molar-refractivity contribution is 7.91. The third kappa shape index (κ3) is 5.23. The molecule has 2 rings (SSSR count). The molecule has 5 nitrogen and oxygen atoms in total. The highest BCUT2D eigenvalue weighted by Crippen LogP contribution is 2.30. The van der Waals surface area contributed by atoms with Crippen LogP contribution in [0.1, 0.15) is 24.7 Å². The van der Waals surface area contributed by atoms with E-state index in [1.807, 2.05) is 31.1 Å². The third-order valence-corrected chi connectivity index (χ3v) is 6.65. The van der Waals surface area contributed by atoms with Crippen molar-refractivity contribution in [3.05, 3.63) is 59.1 Å². The van der Waals surface area contributed by atoms with Gasteiger partial charge in [-0.3, -0.25) is 4.79 Å². The zero-order valence-corrected chi connectivity index (χ0v) is 17.5. The van der Waals surface area contributed by atoms with Crippen LogP contribution < -0.4 is 10.2 Å². The summed E-state index contributed by atoms with van der Waals surface area (Å²) < 4.78 is 26.5. The number of hydrogen-bond acceptors (Lipinski definition) is 4.